The molecule has 1 fully saturated rings. The number of thiocarbonyl (C=S) groups is 1. The number of benzene rings is 1. The lowest BCUT2D eigenvalue weighted by atomic mass is 10.1. The van der Waals surface area contributed by atoms with Crippen LogP contribution >= 0.6 is 12.2 Å². The molecular formula is C12H12N4O2S. The van der Waals surface area contributed by atoms with Crippen molar-refractivity contribution in [3.8, 4) is 0 Å². The van der Waals surface area contributed by atoms with Crippen LogP contribution in [0, 0.1) is 0 Å². The summed E-state index contributed by atoms with van der Waals surface area (Å²) in [6.45, 7) is 0.201. The molecule has 7 heteroatoms. The maximum absolute atomic E-state index is 11.9. The summed E-state index contributed by atoms with van der Waals surface area (Å²) in [5.74, 6) is -0.357. The second-order valence-corrected chi connectivity index (χ2v) is 4.53. The second kappa shape index (κ2) is 5.15. The molecule has 0 saturated carbocycles. The van der Waals surface area contributed by atoms with Crippen molar-refractivity contribution in [3.63, 3.8) is 0 Å². The van der Waals surface area contributed by atoms with Crippen LogP contribution < -0.4 is 11.1 Å². The lowest BCUT2D eigenvalue weighted by Gasteiger charge is -2.07. The highest BCUT2D eigenvalue weighted by Crippen LogP contribution is 2.07. The molecule has 98 valence electrons. The van der Waals surface area contributed by atoms with Crippen LogP contribution in [0.5, 0.6) is 0 Å². The number of likely N-dealkylation sites (N-methyl/N-ethyl adjacent to an activating group) is 1. The van der Waals surface area contributed by atoms with Crippen molar-refractivity contribution < 1.29 is 9.59 Å². The van der Waals surface area contributed by atoms with Gasteiger partial charge in [0.2, 0.25) is 11.9 Å². The Hall–Kier alpha value is -2.28. The highest BCUT2D eigenvalue weighted by atomic mass is 32.1. The Balaban J connectivity index is 2.18. The zero-order valence-electron chi connectivity index (χ0n) is 10.2. The summed E-state index contributed by atoms with van der Waals surface area (Å²) in [5.41, 5.74) is 6.56. The molecule has 19 heavy (non-hydrogen) atoms. The highest BCUT2D eigenvalue weighted by Gasteiger charge is 2.22. The molecule has 1 heterocycles. The van der Waals surface area contributed by atoms with E-state index in [0.717, 1.165) is 0 Å². The molecule has 0 aliphatic carbocycles. The first-order chi connectivity index (χ1) is 8.97. The molecule has 1 aromatic carbocycles. The van der Waals surface area contributed by atoms with Gasteiger partial charge in [-0.05, 0) is 12.1 Å². The van der Waals surface area contributed by atoms with E-state index >= 15 is 0 Å². The summed E-state index contributed by atoms with van der Waals surface area (Å²) in [4.78, 5) is 28.7. The summed E-state index contributed by atoms with van der Waals surface area (Å²) >= 11 is 4.83. The second-order valence-electron chi connectivity index (χ2n) is 4.09. The Labute approximate surface area is 115 Å². The van der Waals surface area contributed by atoms with Crippen molar-refractivity contribution in [2.45, 2.75) is 0 Å². The van der Waals surface area contributed by atoms with Gasteiger partial charge in [-0.1, -0.05) is 24.4 Å². The van der Waals surface area contributed by atoms with Crippen molar-refractivity contribution in [1.29, 1.82) is 0 Å². The number of hydrogen-bond donors (Lipinski definition) is 2. The lowest BCUT2D eigenvalue weighted by Crippen LogP contribution is -2.28. The van der Waals surface area contributed by atoms with Crippen LogP contribution in [0.25, 0.3) is 0 Å². The van der Waals surface area contributed by atoms with Gasteiger partial charge in [-0.15, -0.1) is 0 Å². The van der Waals surface area contributed by atoms with Gasteiger partial charge in [0, 0.05) is 18.2 Å². The van der Waals surface area contributed by atoms with E-state index in [9.17, 15) is 9.59 Å². The Morgan fingerprint density at radius 2 is 1.95 bits per heavy atom. The fourth-order valence-electron chi connectivity index (χ4n) is 1.60. The van der Waals surface area contributed by atoms with E-state index in [1.165, 1.54) is 0 Å². The predicted molar refractivity (Wildman–Crippen MR) is 74.9 cm³/mol. The quantitative estimate of drug-likeness (QED) is 0.735. The third kappa shape index (κ3) is 2.94. The number of hydrogen-bond acceptors (Lipinski definition) is 3. The summed E-state index contributed by atoms with van der Waals surface area (Å²) in [6.07, 6.45) is 0. The van der Waals surface area contributed by atoms with Crippen molar-refractivity contribution >= 4 is 35.0 Å². The number of nitrogens with one attached hydrogen (secondary N) is 1. The van der Waals surface area contributed by atoms with E-state index in [2.05, 4.69) is 10.3 Å². The number of guanidine groups is 1. The van der Waals surface area contributed by atoms with E-state index in [-0.39, 0.29) is 23.4 Å². The van der Waals surface area contributed by atoms with Crippen LogP contribution in [0.15, 0.2) is 29.3 Å². The zero-order chi connectivity index (χ0) is 14.0. The number of rotatable bonds is 2. The zero-order valence-corrected chi connectivity index (χ0v) is 11.0. The molecular weight excluding hydrogens is 264 g/mol. The molecule has 0 atom stereocenters. The molecule has 1 aromatic rings. The number of carbonyl (C=O) groups excluding carboxylic acids is 2. The fraction of sp³-hybridized carbons (Fsp3) is 0.167. The van der Waals surface area contributed by atoms with Crippen LogP contribution in [-0.4, -0.2) is 41.3 Å². The third-order valence-electron chi connectivity index (χ3n) is 2.62. The van der Waals surface area contributed by atoms with E-state index < -0.39 is 5.91 Å². The number of nitrogens with two attached hydrogens (primary N) is 1. The number of aliphatic imine (C=N–C) groups is 1. The molecule has 3 N–H and O–H groups in total. The van der Waals surface area contributed by atoms with E-state index in [1.807, 2.05) is 0 Å². The van der Waals surface area contributed by atoms with E-state index in [1.54, 1.807) is 36.2 Å². The minimum atomic E-state index is -0.432. The summed E-state index contributed by atoms with van der Waals surface area (Å²) < 4.78 is 0. The molecule has 6 nitrogen and oxygen atoms in total. The smallest absolute Gasteiger partial charge is 0.280 e. The summed E-state index contributed by atoms with van der Waals surface area (Å²) in [7, 11) is 1.68. The van der Waals surface area contributed by atoms with Crippen LogP contribution in [-0.2, 0) is 4.79 Å². The van der Waals surface area contributed by atoms with Crippen molar-refractivity contribution in [2.75, 3.05) is 13.6 Å². The molecule has 0 aromatic heterocycles. The molecule has 1 saturated heterocycles. The topological polar surface area (TPSA) is 87.8 Å². The van der Waals surface area contributed by atoms with Crippen LogP contribution in [0.4, 0.5) is 0 Å². The number of nitrogens with zero attached hydrogens (tertiary/aromatic N) is 2. The normalized spacial score (nSPS) is 16.6. The first-order valence-electron chi connectivity index (χ1n) is 5.51. The third-order valence-corrected chi connectivity index (χ3v) is 2.85. The van der Waals surface area contributed by atoms with Gasteiger partial charge in [-0.25, -0.2) is 0 Å². The molecule has 2 rings (SSSR count). The SMILES string of the molecule is CN1CC(=O)NC1=NC(=O)c1ccc(C(N)=S)cc1. The van der Waals surface area contributed by atoms with Gasteiger partial charge in [0.15, 0.2) is 0 Å². The molecule has 1 aliphatic rings. The van der Waals surface area contributed by atoms with Gasteiger partial charge in [-0.2, -0.15) is 4.99 Å². The number of carbonyl (C=O) groups is 2. The number of amides is 2. The van der Waals surface area contributed by atoms with Gasteiger partial charge in [-0.3, -0.25) is 14.9 Å². The Kier molecular flexibility index (Phi) is 3.57. The molecule has 1 aliphatic heterocycles. The summed E-state index contributed by atoms with van der Waals surface area (Å²) in [6, 6.07) is 6.51. The minimum Gasteiger partial charge on any atom is -0.389 e. The molecule has 2 amide bonds. The lowest BCUT2D eigenvalue weighted by molar-refractivity contribution is -0.118. The highest BCUT2D eigenvalue weighted by molar-refractivity contribution is 7.80. The van der Waals surface area contributed by atoms with Crippen molar-refractivity contribution in [1.82, 2.24) is 10.2 Å². The maximum Gasteiger partial charge on any atom is 0.280 e. The average molecular weight is 276 g/mol. The van der Waals surface area contributed by atoms with Crippen LogP contribution in [0.2, 0.25) is 0 Å². The first-order valence-corrected chi connectivity index (χ1v) is 5.92. The fourth-order valence-corrected chi connectivity index (χ4v) is 1.74. The van der Waals surface area contributed by atoms with Gasteiger partial charge in [0.25, 0.3) is 5.91 Å². The van der Waals surface area contributed by atoms with E-state index in [4.69, 9.17) is 18.0 Å². The van der Waals surface area contributed by atoms with Gasteiger partial charge < -0.3 is 10.6 Å². The Morgan fingerprint density at radius 3 is 2.42 bits per heavy atom. The predicted octanol–water partition coefficient (Wildman–Crippen LogP) is -0.121. The van der Waals surface area contributed by atoms with Gasteiger partial charge in [0.05, 0.1) is 6.54 Å². The van der Waals surface area contributed by atoms with Crippen LogP contribution in [0.1, 0.15) is 15.9 Å². The molecule has 0 spiro atoms. The maximum atomic E-state index is 11.9. The Bertz CT molecular complexity index is 580. The monoisotopic (exact) mass is 276 g/mol. The van der Waals surface area contributed by atoms with Crippen molar-refractivity contribution in [3.05, 3.63) is 35.4 Å². The first kappa shape index (κ1) is 13.2. The standard InChI is InChI=1S/C12H12N4O2S/c1-16-6-9(17)14-12(16)15-11(18)8-4-2-7(3-5-8)10(13)19/h2-5H,6H2,1H3,(H2,13,19)(H,14,15,17,18). The van der Waals surface area contributed by atoms with Gasteiger partial charge in [0.1, 0.15) is 4.99 Å². The molecule has 0 bridgehead atoms. The largest absolute Gasteiger partial charge is 0.389 e. The minimum absolute atomic E-state index is 0.183. The molecule has 0 radical (unpaired) electrons. The van der Waals surface area contributed by atoms with Crippen LogP contribution in [0.3, 0.4) is 0 Å². The van der Waals surface area contributed by atoms with E-state index in [0.29, 0.717) is 11.1 Å². The Morgan fingerprint density at radius 1 is 1.37 bits per heavy atom. The molecule has 0 unspecified atom stereocenters. The average Bonchev–Trinajstić information content (AvgIpc) is 2.68. The summed E-state index contributed by atoms with van der Waals surface area (Å²) in [5, 5.41) is 2.51. The van der Waals surface area contributed by atoms with Gasteiger partial charge >= 0.3 is 0 Å². The van der Waals surface area contributed by atoms with Crippen molar-refractivity contribution in [2.24, 2.45) is 10.7 Å².